The van der Waals surface area contributed by atoms with E-state index < -0.39 is 10.9 Å². The van der Waals surface area contributed by atoms with Crippen LogP contribution in [0.5, 0.6) is 0 Å². The van der Waals surface area contributed by atoms with Crippen molar-refractivity contribution in [3.8, 4) is 11.1 Å². The maximum absolute atomic E-state index is 13.1. The molecule has 100 valence electrons. The summed E-state index contributed by atoms with van der Waals surface area (Å²) in [6, 6.07) is 16.0. The van der Waals surface area contributed by atoms with Crippen LogP contribution in [0.4, 0.5) is 13.2 Å². The summed E-state index contributed by atoms with van der Waals surface area (Å²) in [6.45, 7) is 0. The first-order chi connectivity index (χ1) is 8.99. The van der Waals surface area contributed by atoms with Crippen LogP contribution in [-0.2, 0) is 0 Å². The molecule has 0 aliphatic carbocycles. The van der Waals surface area contributed by atoms with Crippen LogP contribution in [-0.4, -0.2) is 10.9 Å². The van der Waals surface area contributed by atoms with Gasteiger partial charge in [0.05, 0.1) is 0 Å². The third kappa shape index (κ3) is 3.67. The molecule has 0 amide bonds. The largest absolute Gasteiger partial charge is 0.342 e. The second kappa shape index (κ2) is 5.88. The smallest absolute Gasteiger partial charge is 0.222 e. The van der Waals surface area contributed by atoms with Gasteiger partial charge in [-0.05, 0) is 35.0 Å². The Balaban J connectivity index is 2.16. The summed E-state index contributed by atoms with van der Waals surface area (Å²) in [5, 5.41) is -3.63. The molecule has 0 aromatic heterocycles. The van der Waals surface area contributed by atoms with Gasteiger partial charge in [0.15, 0.2) is 0 Å². The Bertz CT molecular complexity index is 526. The van der Waals surface area contributed by atoms with Crippen molar-refractivity contribution in [2.45, 2.75) is 15.8 Å². The lowest BCUT2D eigenvalue weighted by Gasteiger charge is -2.15. The molecule has 0 saturated heterocycles. The molecule has 0 radical (unpaired) electrons. The van der Waals surface area contributed by atoms with Crippen molar-refractivity contribution in [3.63, 3.8) is 0 Å². The van der Waals surface area contributed by atoms with Crippen molar-refractivity contribution < 1.29 is 13.2 Å². The van der Waals surface area contributed by atoms with E-state index in [-0.39, 0.29) is 16.7 Å². The van der Waals surface area contributed by atoms with E-state index in [2.05, 4.69) is 0 Å². The van der Waals surface area contributed by atoms with Gasteiger partial charge in [-0.1, -0.05) is 54.1 Å². The quantitative estimate of drug-likeness (QED) is 0.525. The number of halogens is 4. The minimum absolute atomic E-state index is 0.118. The molecule has 0 aliphatic rings. The zero-order chi connectivity index (χ0) is 13.9. The van der Waals surface area contributed by atoms with Gasteiger partial charge >= 0.3 is 5.25 Å². The lowest BCUT2D eigenvalue weighted by molar-refractivity contribution is 0.0537. The molecule has 0 heterocycles. The lowest BCUT2D eigenvalue weighted by atomic mass is 10.1. The maximum Gasteiger partial charge on any atom is 0.342 e. The summed E-state index contributed by atoms with van der Waals surface area (Å²) >= 11 is 4.93. The van der Waals surface area contributed by atoms with Gasteiger partial charge in [0.2, 0.25) is 5.63 Å². The van der Waals surface area contributed by atoms with Crippen molar-refractivity contribution in [1.82, 2.24) is 0 Å². The average Bonchev–Trinajstić information content (AvgIpc) is 2.40. The van der Waals surface area contributed by atoms with E-state index in [9.17, 15) is 13.2 Å². The molecule has 0 nitrogen and oxygen atoms in total. The van der Waals surface area contributed by atoms with Crippen LogP contribution in [0.15, 0.2) is 59.5 Å². The average molecular weight is 303 g/mol. The fourth-order valence-corrected chi connectivity index (χ4v) is 2.36. The Morgan fingerprint density at radius 3 is 1.95 bits per heavy atom. The molecular formula is C14H10ClF3S. The van der Waals surface area contributed by atoms with Crippen LogP contribution in [0.25, 0.3) is 11.1 Å². The maximum atomic E-state index is 13.1. The molecule has 1 atom stereocenters. The number of benzene rings is 2. The van der Waals surface area contributed by atoms with Crippen LogP contribution in [0.2, 0.25) is 0 Å². The number of rotatable bonds is 4. The minimum atomic E-state index is -3.63. The number of hydrogen-bond acceptors (Lipinski definition) is 1. The number of alkyl halides is 4. The van der Waals surface area contributed by atoms with Crippen molar-refractivity contribution in [2.24, 2.45) is 0 Å². The van der Waals surface area contributed by atoms with Crippen molar-refractivity contribution in [2.75, 3.05) is 0 Å². The first-order valence-corrected chi connectivity index (χ1v) is 6.75. The molecular weight excluding hydrogens is 293 g/mol. The molecule has 5 heteroatoms. The molecule has 2 aromatic rings. The van der Waals surface area contributed by atoms with E-state index in [4.69, 9.17) is 11.6 Å². The predicted octanol–water partition coefficient (Wildman–Crippen LogP) is 5.57. The van der Waals surface area contributed by atoms with Crippen LogP contribution in [0.3, 0.4) is 0 Å². The van der Waals surface area contributed by atoms with E-state index in [1.54, 1.807) is 12.1 Å². The Hall–Kier alpha value is -1.13. The molecule has 0 fully saturated rings. The van der Waals surface area contributed by atoms with Gasteiger partial charge in [0.25, 0.3) is 0 Å². The molecule has 0 N–H and O–H groups in total. The van der Waals surface area contributed by atoms with Gasteiger partial charge in [-0.3, -0.25) is 0 Å². The SMILES string of the molecule is FC(Cl)C(F)(F)Sc1ccc(-c2ccccc2)cc1. The fourth-order valence-electron chi connectivity index (χ4n) is 1.55. The van der Waals surface area contributed by atoms with E-state index in [0.29, 0.717) is 0 Å². The van der Waals surface area contributed by atoms with Crippen LogP contribution in [0, 0.1) is 0 Å². The van der Waals surface area contributed by atoms with Crippen LogP contribution in [0.1, 0.15) is 0 Å². The second-order valence-electron chi connectivity index (χ2n) is 3.85. The van der Waals surface area contributed by atoms with Crippen LogP contribution >= 0.6 is 23.4 Å². The highest BCUT2D eigenvalue weighted by atomic mass is 35.5. The molecule has 1 unspecified atom stereocenters. The van der Waals surface area contributed by atoms with Gasteiger partial charge in [0, 0.05) is 4.90 Å². The first-order valence-electron chi connectivity index (χ1n) is 5.49. The third-order valence-corrected chi connectivity index (χ3v) is 3.86. The molecule has 0 saturated carbocycles. The number of hydrogen-bond donors (Lipinski definition) is 0. The standard InChI is InChI=1S/C14H10ClF3S/c15-13(16)14(17,18)19-12-8-6-11(7-9-12)10-4-2-1-3-5-10/h1-9,13H. The van der Waals surface area contributed by atoms with Gasteiger partial charge in [-0.15, -0.1) is 0 Å². The van der Waals surface area contributed by atoms with E-state index in [1.165, 1.54) is 12.1 Å². The monoisotopic (exact) mass is 302 g/mol. The Labute approximate surface area is 118 Å². The molecule has 2 aromatic carbocycles. The van der Waals surface area contributed by atoms with Crippen molar-refractivity contribution >= 4 is 23.4 Å². The topological polar surface area (TPSA) is 0 Å². The number of thioether (sulfide) groups is 1. The van der Waals surface area contributed by atoms with Gasteiger partial charge in [0.1, 0.15) is 0 Å². The molecule has 0 spiro atoms. The molecule has 19 heavy (non-hydrogen) atoms. The normalized spacial score (nSPS) is 13.3. The summed E-state index contributed by atoms with van der Waals surface area (Å²) < 4.78 is 38.7. The van der Waals surface area contributed by atoms with Crippen molar-refractivity contribution in [1.29, 1.82) is 0 Å². The summed E-state index contributed by atoms with van der Waals surface area (Å²) in [5.41, 5.74) is -0.797. The summed E-state index contributed by atoms with van der Waals surface area (Å²) in [4.78, 5) is 0.271. The third-order valence-electron chi connectivity index (χ3n) is 2.47. The van der Waals surface area contributed by atoms with Gasteiger partial charge < -0.3 is 0 Å². The van der Waals surface area contributed by atoms with Gasteiger partial charge in [-0.25, -0.2) is 4.39 Å². The molecule has 0 aliphatic heterocycles. The summed E-state index contributed by atoms with van der Waals surface area (Å²) in [7, 11) is 0. The van der Waals surface area contributed by atoms with Crippen molar-refractivity contribution in [3.05, 3.63) is 54.6 Å². The highest BCUT2D eigenvalue weighted by molar-refractivity contribution is 8.00. The summed E-state index contributed by atoms with van der Waals surface area (Å²) in [6.07, 6.45) is 0. The Morgan fingerprint density at radius 1 is 0.895 bits per heavy atom. The predicted molar refractivity (Wildman–Crippen MR) is 73.4 cm³/mol. The minimum Gasteiger partial charge on any atom is -0.222 e. The Morgan fingerprint density at radius 2 is 1.42 bits per heavy atom. The van der Waals surface area contributed by atoms with Gasteiger partial charge in [-0.2, -0.15) is 8.78 Å². The first kappa shape index (κ1) is 14.3. The highest BCUT2D eigenvalue weighted by Gasteiger charge is 2.40. The zero-order valence-electron chi connectivity index (χ0n) is 9.69. The second-order valence-corrected chi connectivity index (χ2v) is 5.46. The molecule has 2 rings (SSSR count). The van der Waals surface area contributed by atoms with E-state index in [0.717, 1.165) is 11.1 Å². The van der Waals surface area contributed by atoms with E-state index in [1.807, 2.05) is 30.3 Å². The fraction of sp³-hybridized carbons (Fsp3) is 0.143. The summed E-state index contributed by atoms with van der Waals surface area (Å²) in [5.74, 6) is 0. The zero-order valence-corrected chi connectivity index (χ0v) is 11.3. The van der Waals surface area contributed by atoms with E-state index >= 15 is 0 Å². The Kier molecular flexibility index (Phi) is 4.42. The molecule has 0 bridgehead atoms. The lowest BCUT2D eigenvalue weighted by Crippen LogP contribution is -2.20. The highest BCUT2D eigenvalue weighted by Crippen LogP contribution is 2.41. The van der Waals surface area contributed by atoms with Crippen LogP contribution < -0.4 is 0 Å².